The van der Waals surface area contributed by atoms with E-state index in [-0.39, 0.29) is 5.91 Å². The Morgan fingerprint density at radius 2 is 2.30 bits per heavy atom. The van der Waals surface area contributed by atoms with E-state index >= 15 is 0 Å². The molecule has 0 radical (unpaired) electrons. The van der Waals surface area contributed by atoms with E-state index in [1.807, 2.05) is 0 Å². The molecular formula is C7H11NO2. The van der Waals surface area contributed by atoms with Crippen molar-refractivity contribution in [3.8, 4) is 0 Å². The molecule has 1 saturated carbocycles. The predicted molar refractivity (Wildman–Crippen MR) is 35.5 cm³/mol. The van der Waals surface area contributed by atoms with Gasteiger partial charge in [-0.15, -0.1) is 0 Å². The van der Waals surface area contributed by atoms with Crippen LogP contribution >= 0.6 is 0 Å². The summed E-state index contributed by atoms with van der Waals surface area (Å²) >= 11 is 0. The second-order valence-electron chi connectivity index (χ2n) is 2.95. The molecule has 1 N–H and O–H groups in total. The molecule has 1 saturated heterocycles. The molecule has 1 amide bonds. The zero-order valence-electron chi connectivity index (χ0n) is 5.85. The van der Waals surface area contributed by atoms with Gasteiger partial charge < -0.3 is 10.1 Å². The van der Waals surface area contributed by atoms with E-state index < -0.39 is 5.60 Å². The first-order chi connectivity index (χ1) is 4.83. The minimum absolute atomic E-state index is 0.102. The van der Waals surface area contributed by atoms with Gasteiger partial charge >= 0.3 is 0 Å². The zero-order valence-corrected chi connectivity index (χ0v) is 5.85. The highest BCUT2D eigenvalue weighted by molar-refractivity contribution is 5.86. The first kappa shape index (κ1) is 6.16. The second-order valence-corrected chi connectivity index (χ2v) is 2.95. The van der Waals surface area contributed by atoms with Crippen molar-refractivity contribution in [2.45, 2.75) is 24.9 Å². The minimum atomic E-state index is -0.391. The molecule has 1 aliphatic heterocycles. The average Bonchev–Trinajstić information content (AvgIpc) is 1.85. The van der Waals surface area contributed by atoms with Crippen molar-refractivity contribution in [1.82, 2.24) is 5.32 Å². The molecule has 0 aromatic rings. The van der Waals surface area contributed by atoms with Crippen LogP contribution < -0.4 is 5.32 Å². The van der Waals surface area contributed by atoms with Crippen molar-refractivity contribution < 1.29 is 9.53 Å². The van der Waals surface area contributed by atoms with E-state index in [1.54, 1.807) is 0 Å². The van der Waals surface area contributed by atoms with Crippen molar-refractivity contribution in [2.24, 2.45) is 0 Å². The molecule has 56 valence electrons. The molecule has 3 heteroatoms. The van der Waals surface area contributed by atoms with E-state index in [0.717, 1.165) is 19.3 Å². The lowest BCUT2D eigenvalue weighted by atomic mass is 9.78. The Morgan fingerprint density at radius 3 is 2.70 bits per heavy atom. The second kappa shape index (κ2) is 1.95. The lowest BCUT2D eigenvalue weighted by molar-refractivity contribution is -0.168. The highest BCUT2D eigenvalue weighted by Crippen LogP contribution is 2.36. The van der Waals surface area contributed by atoms with Crippen LogP contribution in [0.1, 0.15) is 19.3 Å². The normalized spacial score (nSPS) is 29.4. The maximum absolute atomic E-state index is 11.2. The van der Waals surface area contributed by atoms with Crippen molar-refractivity contribution in [3.05, 3.63) is 0 Å². The summed E-state index contributed by atoms with van der Waals surface area (Å²) in [4.78, 5) is 11.2. The van der Waals surface area contributed by atoms with Gasteiger partial charge in [-0.1, -0.05) is 0 Å². The first-order valence-electron chi connectivity index (χ1n) is 3.76. The molecule has 1 spiro atoms. The largest absolute Gasteiger partial charge is 0.363 e. The third-order valence-corrected chi connectivity index (χ3v) is 2.34. The van der Waals surface area contributed by atoms with E-state index in [0.29, 0.717) is 13.2 Å². The van der Waals surface area contributed by atoms with Gasteiger partial charge in [0.25, 0.3) is 5.91 Å². The summed E-state index contributed by atoms with van der Waals surface area (Å²) in [5, 5.41) is 2.81. The Morgan fingerprint density at radius 1 is 1.50 bits per heavy atom. The molecule has 0 bridgehead atoms. The number of hydrogen-bond acceptors (Lipinski definition) is 2. The standard InChI is InChI=1S/C7H11NO2/c9-6-7(2-1-3-7)10-5-4-8-6/h1-5H2,(H,8,9). The highest BCUT2D eigenvalue weighted by Gasteiger charge is 2.46. The van der Waals surface area contributed by atoms with Gasteiger partial charge in [0.15, 0.2) is 0 Å². The number of rotatable bonds is 0. The summed E-state index contributed by atoms with van der Waals surface area (Å²) in [7, 11) is 0. The van der Waals surface area contributed by atoms with Gasteiger partial charge in [-0.2, -0.15) is 0 Å². The third kappa shape index (κ3) is 0.669. The predicted octanol–water partition coefficient (Wildman–Crippen LogP) is 0.0555. The smallest absolute Gasteiger partial charge is 0.252 e. The van der Waals surface area contributed by atoms with Crippen LogP contribution in [0.2, 0.25) is 0 Å². The Labute approximate surface area is 59.7 Å². The van der Waals surface area contributed by atoms with Crippen LogP contribution in [0.25, 0.3) is 0 Å². The molecule has 0 unspecified atom stereocenters. The van der Waals surface area contributed by atoms with Gasteiger partial charge in [0, 0.05) is 6.54 Å². The summed E-state index contributed by atoms with van der Waals surface area (Å²) in [5.74, 6) is 0.102. The Hall–Kier alpha value is -0.570. The maximum atomic E-state index is 11.2. The third-order valence-electron chi connectivity index (χ3n) is 2.34. The first-order valence-corrected chi connectivity index (χ1v) is 3.76. The number of morpholine rings is 1. The number of carbonyl (C=O) groups is 1. The summed E-state index contributed by atoms with van der Waals surface area (Å²) in [6.45, 7) is 1.37. The quantitative estimate of drug-likeness (QED) is 0.518. The number of carbonyl (C=O) groups excluding carboxylic acids is 1. The molecule has 2 rings (SSSR count). The topological polar surface area (TPSA) is 38.3 Å². The Kier molecular flexibility index (Phi) is 1.20. The van der Waals surface area contributed by atoms with E-state index in [2.05, 4.69) is 5.32 Å². The summed E-state index contributed by atoms with van der Waals surface area (Å²) in [6, 6.07) is 0. The Balaban J connectivity index is 2.10. The summed E-state index contributed by atoms with van der Waals surface area (Å²) < 4.78 is 5.40. The van der Waals surface area contributed by atoms with Gasteiger partial charge in [0.2, 0.25) is 0 Å². The lowest BCUT2D eigenvalue weighted by Crippen LogP contribution is -2.58. The molecule has 0 aromatic carbocycles. The van der Waals surface area contributed by atoms with Crippen LogP contribution in [0.4, 0.5) is 0 Å². The maximum Gasteiger partial charge on any atom is 0.252 e. The lowest BCUT2D eigenvalue weighted by Gasteiger charge is -2.42. The van der Waals surface area contributed by atoms with Gasteiger partial charge in [-0.3, -0.25) is 4.79 Å². The molecule has 0 aromatic heterocycles. The van der Waals surface area contributed by atoms with E-state index in [1.165, 1.54) is 0 Å². The van der Waals surface area contributed by atoms with Crippen molar-refractivity contribution >= 4 is 5.91 Å². The summed E-state index contributed by atoms with van der Waals surface area (Å²) in [6.07, 6.45) is 2.96. The average molecular weight is 141 g/mol. The molecule has 2 aliphatic rings. The van der Waals surface area contributed by atoms with Crippen LogP contribution in [0.5, 0.6) is 0 Å². The van der Waals surface area contributed by atoms with Gasteiger partial charge in [0.1, 0.15) is 5.60 Å². The minimum Gasteiger partial charge on any atom is -0.363 e. The van der Waals surface area contributed by atoms with Crippen LogP contribution in [0, 0.1) is 0 Å². The van der Waals surface area contributed by atoms with Crippen LogP contribution in [0.3, 0.4) is 0 Å². The van der Waals surface area contributed by atoms with Crippen molar-refractivity contribution in [3.63, 3.8) is 0 Å². The Bertz CT molecular complexity index is 163. The highest BCUT2D eigenvalue weighted by atomic mass is 16.5. The number of nitrogens with one attached hydrogen (secondary N) is 1. The molecular weight excluding hydrogens is 130 g/mol. The molecule has 1 heterocycles. The molecule has 1 aliphatic carbocycles. The van der Waals surface area contributed by atoms with Crippen molar-refractivity contribution in [1.29, 1.82) is 0 Å². The zero-order chi connectivity index (χ0) is 7.03. The fourth-order valence-electron chi connectivity index (χ4n) is 1.51. The fourth-order valence-corrected chi connectivity index (χ4v) is 1.51. The fraction of sp³-hybridized carbons (Fsp3) is 0.857. The number of amides is 1. The van der Waals surface area contributed by atoms with E-state index in [4.69, 9.17) is 4.74 Å². The summed E-state index contributed by atoms with van der Waals surface area (Å²) in [5.41, 5.74) is -0.391. The molecule has 2 fully saturated rings. The van der Waals surface area contributed by atoms with Gasteiger partial charge in [0.05, 0.1) is 6.61 Å². The molecule has 10 heavy (non-hydrogen) atoms. The van der Waals surface area contributed by atoms with E-state index in [9.17, 15) is 4.79 Å². The molecule has 3 nitrogen and oxygen atoms in total. The van der Waals surface area contributed by atoms with Crippen LogP contribution in [0.15, 0.2) is 0 Å². The molecule has 0 atom stereocenters. The van der Waals surface area contributed by atoms with Gasteiger partial charge in [-0.25, -0.2) is 0 Å². The van der Waals surface area contributed by atoms with Crippen LogP contribution in [-0.2, 0) is 9.53 Å². The number of ether oxygens (including phenoxy) is 1. The van der Waals surface area contributed by atoms with Gasteiger partial charge in [-0.05, 0) is 19.3 Å². The monoisotopic (exact) mass is 141 g/mol. The van der Waals surface area contributed by atoms with Crippen molar-refractivity contribution in [2.75, 3.05) is 13.2 Å². The van der Waals surface area contributed by atoms with Crippen LogP contribution in [-0.4, -0.2) is 24.7 Å². The SMILES string of the molecule is O=C1NCCOC12CCC2. The number of hydrogen-bond donors (Lipinski definition) is 1.